The first-order valence-electron chi connectivity index (χ1n) is 8.07. The lowest BCUT2D eigenvalue weighted by Gasteiger charge is -2.19. The zero-order valence-corrected chi connectivity index (χ0v) is 15.0. The highest BCUT2D eigenvalue weighted by molar-refractivity contribution is 6.09. The van der Waals surface area contributed by atoms with Gasteiger partial charge in [-0.3, -0.25) is 0 Å². The van der Waals surface area contributed by atoms with E-state index in [0.717, 1.165) is 11.1 Å². The van der Waals surface area contributed by atoms with E-state index < -0.39 is 0 Å². The van der Waals surface area contributed by atoms with Crippen LogP contribution in [-0.2, 0) is 10.8 Å². The molecule has 0 atom stereocenters. The van der Waals surface area contributed by atoms with Crippen molar-refractivity contribution in [1.29, 1.82) is 0 Å². The second kappa shape index (κ2) is 6.14. The molecule has 0 aliphatic heterocycles. The highest BCUT2D eigenvalue weighted by Crippen LogP contribution is 2.24. The van der Waals surface area contributed by atoms with Crippen LogP contribution in [0.5, 0.6) is 0 Å². The Morgan fingerprint density at radius 3 is 1.17 bits per heavy atom. The molecule has 0 spiro atoms. The molecule has 0 N–H and O–H groups in total. The molecule has 0 saturated carbocycles. The van der Waals surface area contributed by atoms with E-state index >= 15 is 0 Å². The van der Waals surface area contributed by atoms with E-state index in [-0.39, 0.29) is 10.8 Å². The van der Waals surface area contributed by atoms with Crippen molar-refractivity contribution in [3.8, 4) is 0 Å². The summed E-state index contributed by atoms with van der Waals surface area (Å²) in [5, 5.41) is 0. The molecule has 23 heavy (non-hydrogen) atoms. The lowest BCUT2D eigenvalue weighted by atomic mass is 9.85. The Labute approximate surface area is 139 Å². The van der Waals surface area contributed by atoms with E-state index in [9.17, 15) is 5.53 Å². The fourth-order valence-corrected chi connectivity index (χ4v) is 2.54. The van der Waals surface area contributed by atoms with E-state index in [1.54, 1.807) is 0 Å². The predicted octanol–water partition coefficient (Wildman–Crippen LogP) is 5.35. The number of rotatable bonds is 2. The topological polar surface area (TPSA) is 36.4 Å². The van der Waals surface area contributed by atoms with Gasteiger partial charge >= 0.3 is 5.71 Å². The third-order valence-corrected chi connectivity index (χ3v) is 4.15. The minimum atomic E-state index is 0.114. The van der Waals surface area contributed by atoms with E-state index in [0.29, 0.717) is 5.71 Å². The first kappa shape index (κ1) is 17.2. The predicted molar refractivity (Wildman–Crippen MR) is 97.1 cm³/mol. The van der Waals surface area contributed by atoms with Gasteiger partial charge in [-0.05, 0) is 46.2 Å². The summed E-state index contributed by atoms with van der Waals surface area (Å²) in [6.45, 7) is 13.1. The Morgan fingerprint density at radius 2 is 0.957 bits per heavy atom. The number of hydrogen-bond acceptors (Lipinski definition) is 0. The van der Waals surface area contributed by atoms with Gasteiger partial charge in [0.25, 0.3) is 0 Å². The molecule has 120 valence electrons. The summed E-state index contributed by atoms with van der Waals surface area (Å²) in [6.07, 6.45) is 0. The van der Waals surface area contributed by atoms with Gasteiger partial charge in [-0.2, -0.15) is 4.79 Å². The second-order valence-electron chi connectivity index (χ2n) is 8.10. The first-order valence-corrected chi connectivity index (χ1v) is 8.07. The highest BCUT2D eigenvalue weighted by Gasteiger charge is 2.19. The lowest BCUT2D eigenvalue weighted by Crippen LogP contribution is -2.13. The van der Waals surface area contributed by atoms with Gasteiger partial charge in [0, 0.05) is 0 Å². The molecule has 0 aliphatic rings. The summed E-state index contributed by atoms with van der Waals surface area (Å²) >= 11 is 0. The zero-order valence-electron chi connectivity index (χ0n) is 15.0. The van der Waals surface area contributed by atoms with Crippen molar-refractivity contribution in [2.24, 2.45) is 0 Å². The Hall–Kier alpha value is -2.18. The maximum atomic E-state index is 9.48. The molecular weight excluding hydrogens is 280 g/mol. The molecule has 0 bridgehead atoms. The van der Waals surface area contributed by atoms with Crippen LogP contribution in [0.15, 0.2) is 48.5 Å². The van der Waals surface area contributed by atoms with Crippen molar-refractivity contribution in [2.75, 3.05) is 0 Å². The van der Waals surface area contributed by atoms with Crippen molar-refractivity contribution in [2.45, 2.75) is 52.4 Å². The molecule has 0 saturated heterocycles. The van der Waals surface area contributed by atoms with Crippen molar-refractivity contribution < 1.29 is 4.79 Å². The minimum absolute atomic E-state index is 0.114. The third-order valence-electron chi connectivity index (χ3n) is 4.15. The summed E-state index contributed by atoms with van der Waals surface area (Å²) in [5.74, 6) is 0. The molecule has 0 aliphatic carbocycles. The first-order chi connectivity index (χ1) is 10.6. The van der Waals surface area contributed by atoms with Gasteiger partial charge in [-0.1, -0.05) is 65.8 Å². The van der Waals surface area contributed by atoms with Crippen molar-refractivity contribution in [3.05, 3.63) is 76.3 Å². The van der Waals surface area contributed by atoms with Crippen molar-refractivity contribution in [1.82, 2.24) is 0 Å². The molecule has 2 heteroatoms. The number of benzene rings is 2. The van der Waals surface area contributed by atoms with E-state index in [2.05, 4.69) is 70.6 Å². The van der Waals surface area contributed by atoms with Crippen LogP contribution in [0.25, 0.3) is 5.53 Å². The molecule has 2 nitrogen and oxygen atoms in total. The second-order valence-corrected chi connectivity index (χ2v) is 8.10. The Morgan fingerprint density at radius 1 is 0.652 bits per heavy atom. The lowest BCUT2D eigenvalue weighted by molar-refractivity contribution is -0.00279. The Bertz CT molecular complexity index is 658. The Balaban J connectivity index is 2.36. The molecule has 0 radical (unpaired) electrons. The van der Waals surface area contributed by atoms with Crippen LogP contribution in [0.3, 0.4) is 0 Å². The molecule has 0 heterocycles. The van der Waals surface area contributed by atoms with Gasteiger partial charge in [0.1, 0.15) is 0 Å². The average molecular weight is 306 g/mol. The normalized spacial score (nSPS) is 11.9. The SMILES string of the molecule is CC(C)(C)c1ccc(C(=[N+]=[N-])c2ccc(C(C)(C)C)cc2)cc1. The van der Waals surface area contributed by atoms with Gasteiger partial charge in [0.05, 0.1) is 11.1 Å². The Kier molecular flexibility index (Phi) is 4.58. The summed E-state index contributed by atoms with van der Waals surface area (Å²) in [5.41, 5.74) is 14.7. The van der Waals surface area contributed by atoms with Gasteiger partial charge in [-0.25, -0.2) is 0 Å². The molecule has 0 unspecified atom stereocenters. The van der Waals surface area contributed by atoms with Gasteiger partial charge in [0.2, 0.25) is 0 Å². The molecule has 2 aromatic carbocycles. The van der Waals surface area contributed by atoms with Crippen molar-refractivity contribution >= 4 is 5.71 Å². The number of hydrogen-bond donors (Lipinski definition) is 0. The summed E-state index contributed by atoms with van der Waals surface area (Å²) < 4.78 is 0. The maximum Gasteiger partial charge on any atom is 0.329 e. The molecule has 0 fully saturated rings. The van der Waals surface area contributed by atoms with E-state index in [1.807, 2.05) is 24.3 Å². The van der Waals surface area contributed by atoms with Crippen LogP contribution in [0.1, 0.15) is 63.8 Å². The largest absolute Gasteiger partial charge is 0.361 e. The molecule has 2 aromatic rings. The third kappa shape index (κ3) is 3.97. The quantitative estimate of drug-likeness (QED) is 0.407. The molecular formula is C21H26N2. The van der Waals surface area contributed by atoms with Crippen LogP contribution in [0.2, 0.25) is 0 Å². The summed E-state index contributed by atoms with van der Waals surface area (Å²) in [6, 6.07) is 16.5. The van der Waals surface area contributed by atoms with Gasteiger partial charge < -0.3 is 5.53 Å². The summed E-state index contributed by atoms with van der Waals surface area (Å²) in [7, 11) is 0. The highest BCUT2D eigenvalue weighted by atomic mass is 14.9. The smallest absolute Gasteiger partial charge is 0.329 e. The summed E-state index contributed by atoms with van der Waals surface area (Å²) in [4.78, 5) is 3.53. The monoisotopic (exact) mass is 306 g/mol. The number of nitrogens with zero attached hydrogens (tertiary/aromatic N) is 2. The molecule has 2 rings (SSSR count). The van der Waals surface area contributed by atoms with Crippen LogP contribution >= 0.6 is 0 Å². The van der Waals surface area contributed by atoms with Crippen LogP contribution in [-0.4, -0.2) is 10.5 Å². The molecule has 0 amide bonds. The zero-order chi connectivity index (χ0) is 17.3. The fraction of sp³-hybridized carbons (Fsp3) is 0.381. The minimum Gasteiger partial charge on any atom is -0.361 e. The van der Waals surface area contributed by atoms with Crippen LogP contribution in [0.4, 0.5) is 0 Å². The fourth-order valence-electron chi connectivity index (χ4n) is 2.54. The molecule has 0 aromatic heterocycles. The average Bonchev–Trinajstić information content (AvgIpc) is 2.47. The van der Waals surface area contributed by atoms with Gasteiger partial charge in [0.15, 0.2) is 0 Å². The van der Waals surface area contributed by atoms with Gasteiger partial charge in [-0.15, -0.1) is 0 Å². The maximum absolute atomic E-state index is 9.48. The van der Waals surface area contributed by atoms with Crippen LogP contribution < -0.4 is 0 Å². The standard InChI is InChI=1S/C21H26N2/c1-20(2,3)17-11-7-15(8-12-17)19(23-22)16-9-13-18(14-10-16)21(4,5)6/h7-14H,1-6H3. The van der Waals surface area contributed by atoms with E-state index in [1.165, 1.54) is 11.1 Å². The van der Waals surface area contributed by atoms with Crippen LogP contribution in [0, 0.1) is 0 Å². The van der Waals surface area contributed by atoms with E-state index in [4.69, 9.17) is 0 Å². The van der Waals surface area contributed by atoms with Crippen molar-refractivity contribution in [3.63, 3.8) is 0 Å².